The lowest BCUT2D eigenvalue weighted by Gasteiger charge is -2.10. The van der Waals surface area contributed by atoms with Gasteiger partial charge in [0, 0.05) is 24.1 Å². The van der Waals surface area contributed by atoms with E-state index in [-0.39, 0.29) is 6.04 Å². The van der Waals surface area contributed by atoms with Gasteiger partial charge in [-0.2, -0.15) is 0 Å². The molecule has 0 radical (unpaired) electrons. The quantitative estimate of drug-likeness (QED) is 0.652. The number of benzene rings is 2. The fourth-order valence-corrected chi connectivity index (χ4v) is 3.15. The van der Waals surface area contributed by atoms with Gasteiger partial charge in [-0.15, -0.1) is 0 Å². The molecule has 1 aliphatic heterocycles. The third kappa shape index (κ3) is 3.69. The summed E-state index contributed by atoms with van der Waals surface area (Å²) in [5.41, 5.74) is 8.17. The van der Waals surface area contributed by atoms with Crippen molar-refractivity contribution in [2.45, 2.75) is 24.8 Å². The molecule has 26 heavy (non-hydrogen) atoms. The Kier molecular flexibility index (Phi) is 4.56. The van der Waals surface area contributed by atoms with Crippen LogP contribution < -0.4 is 25.3 Å². The van der Waals surface area contributed by atoms with Crippen LogP contribution in [0.25, 0.3) is 0 Å². The van der Waals surface area contributed by atoms with Gasteiger partial charge < -0.3 is 25.3 Å². The second kappa shape index (κ2) is 7.15. The average molecular weight is 353 g/mol. The first-order valence-corrected chi connectivity index (χ1v) is 8.87. The molecule has 4 rings (SSSR count). The maximum Gasteiger partial charge on any atom is 0.193 e. The van der Waals surface area contributed by atoms with Gasteiger partial charge >= 0.3 is 0 Å². The third-order valence-corrected chi connectivity index (χ3v) is 4.60. The summed E-state index contributed by atoms with van der Waals surface area (Å²) in [7, 11) is 1.68. The zero-order valence-corrected chi connectivity index (χ0v) is 14.8. The maximum atomic E-state index is 6.09. The zero-order chi connectivity index (χ0) is 17.9. The molecular formula is C20H23N3O3. The Labute approximate surface area is 153 Å². The van der Waals surface area contributed by atoms with Crippen molar-refractivity contribution in [2.24, 2.45) is 10.7 Å². The molecule has 1 fully saturated rings. The summed E-state index contributed by atoms with van der Waals surface area (Å²) in [4.78, 5) is 4.60. The SMILES string of the molecule is COc1cccc([C@@H]2C[C@H]2N=C(N)Nc2ccc3c(c2)OCCCO3)c1. The van der Waals surface area contributed by atoms with Crippen molar-refractivity contribution in [1.82, 2.24) is 0 Å². The highest BCUT2D eigenvalue weighted by Crippen LogP contribution is 2.44. The number of hydrogen-bond donors (Lipinski definition) is 2. The average Bonchev–Trinajstić information content (AvgIpc) is 3.44. The van der Waals surface area contributed by atoms with E-state index in [4.69, 9.17) is 19.9 Å². The first-order chi connectivity index (χ1) is 12.7. The summed E-state index contributed by atoms with van der Waals surface area (Å²) in [6.45, 7) is 1.33. The van der Waals surface area contributed by atoms with E-state index < -0.39 is 0 Å². The van der Waals surface area contributed by atoms with Crippen molar-refractivity contribution in [1.29, 1.82) is 0 Å². The molecule has 3 N–H and O–H groups in total. The van der Waals surface area contributed by atoms with Crippen molar-refractivity contribution in [2.75, 3.05) is 25.6 Å². The number of ether oxygens (including phenoxy) is 3. The Morgan fingerprint density at radius 3 is 2.85 bits per heavy atom. The van der Waals surface area contributed by atoms with E-state index in [1.54, 1.807) is 7.11 Å². The van der Waals surface area contributed by atoms with Crippen LogP contribution in [0.15, 0.2) is 47.5 Å². The van der Waals surface area contributed by atoms with Crippen molar-refractivity contribution in [3.63, 3.8) is 0 Å². The molecule has 0 aromatic heterocycles. The smallest absolute Gasteiger partial charge is 0.193 e. The van der Waals surface area contributed by atoms with E-state index in [9.17, 15) is 0 Å². The topological polar surface area (TPSA) is 78.1 Å². The van der Waals surface area contributed by atoms with Gasteiger partial charge in [0.2, 0.25) is 0 Å². The summed E-state index contributed by atoms with van der Waals surface area (Å²) < 4.78 is 16.6. The van der Waals surface area contributed by atoms with E-state index in [1.165, 1.54) is 5.56 Å². The first kappa shape index (κ1) is 16.6. The number of methoxy groups -OCH3 is 1. The van der Waals surface area contributed by atoms with E-state index >= 15 is 0 Å². The number of guanidine groups is 1. The predicted octanol–water partition coefficient (Wildman–Crippen LogP) is 3.14. The number of nitrogens with one attached hydrogen (secondary N) is 1. The molecule has 136 valence electrons. The molecule has 0 saturated heterocycles. The largest absolute Gasteiger partial charge is 0.497 e. The van der Waals surface area contributed by atoms with Gasteiger partial charge in [0.15, 0.2) is 17.5 Å². The molecule has 0 unspecified atom stereocenters. The number of rotatable bonds is 4. The number of hydrogen-bond acceptors (Lipinski definition) is 4. The van der Waals surface area contributed by atoms with Crippen LogP contribution >= 0.6 is 0 Å². The summed E-state index contributed by atoms with van der Waals surface area (Å²) in [5, 5.41) is 3.15. The molecule has 1 aliphatic carbocycles. The monoisotopic (exact) mass is 353 g/mol. The van der Waals surface area contributed by atoms with Gasteiger partial charge in [-0.3, -0.25) is 0 Å². The van der Waals surface area contributed by atoms with Gasteiger partial charge in [0.1, 0.15) is 5.75 Å². The van der Waals surface area contributed by atoms with Crippen molar-refractivity contribution >= 4 is 11.6 Å². The van der Waals surface area contributed by atoms with Crippen LogP contribution in [0.4, 0.5) is 5.69 Å². The first-order valence-electron chi connectivity index (χ1n) is 8.87. The fraction of sp³-hybridized carbons (Fsp3) is 0.350. The van der Waals surface area contributed by atoms with Gasteiger partial charge in [-0.1, -0.05) is 12.1 Å². The number of anilines is 1. The second-order valence-corrected chi connectivity index (χ2v) is 6.54. The molecule has 2 aromatic carbocycles. The molecule has 0 spiro atoms. The zero-order valence-electron chi connectivity index (χ0n) is 14.8. The predicted molar refractivity (Wildman–Crippen MR) is 101 cm³/mol. The number of nitrogens with zero attached hydrogens (tertiary/aromatic N) is 1. The molecule has 1 heterocycles. The number of fused-ring (bicyclic) bond motifs is 1. The maximum absolute atomic E-state index is 6.09. The Morgan fingerprint density at radius 1 is 1.15 bits per heavy atom. The van der Waals surface area contributed by atoms with E-state index in [0.717, 1.165) is 35.8 Å². The van der Waals surface area contributed by atoms with Gasteiger partial charge in [-0.05, 0) is 36.2 Å². The highest BCUT2D eigenvalue weighted by molar-refractivity contribution is 5.92. The van der Waals surface area contributed by atoms with Gasteiger partial charge in [0.25, 0.3) is 0 Å². The fourth-order valence-electron chi connectivity index (χ4n) is 3.15. The second-order valence-electron chi connectivity index (χ2n) is 6.54. The van der Waals surface area contributed by atoms with Crippen molar-refractivity contribution < 1.29 is 14.2 Å². The standard InChI is InChI=1S/C20H23N3O3/c1-24-15-5-2-4-13(10-15)16-12-17(16)23-20(21)22-14-6-7-18-19(11-14)26-9-3-8-25-18/h2,4-7,10-11,16-17H,3,8-9,12H2,1H3,(H3,21,22,23)/t16-,17+/m0/s1. The lowest BCUT2D eigenvalue weighted by molar-refractivity contribution is 0.297. The number of aliphatic imine (C=N–C) groups is 1. The third-order valence-electron chi connectivity index (χ3n) is 4.60. The molecular weight excluding hydrogens is 330 g/mol. The summed E-state index contributed by atoms with van der Waals surface area (Å²) in [5.74, 6) is 3.18. The molecule has 1 saturated carbocycles. The molecule has 6 heteroatoms. The molecule has 2 aromatic rings. The summed E-state index contributed by atoms with van der Waals surface area (Å²) >= 11 is 0. The van der Waals surface area contributed by atoms with Crippen LogP contribution in [0.2, 0.25) is 0 Å². The van der Waals surface area contributed by atoms with Crippen LogP contribution in [-0.4, -0.2) is 32.3 Å². The molecule has 0 amide bonds. The van der Waals surface area contributed by atoms with Gasteiger partial charge in [-0.25, -0.2) is 4.99 Å². The van der Waals surface area contributed by atoms with Crippen LogP contribution in [0, 0.1) is 0 Å². The van der Waals surface area contributed by atoms with Crippen LogP contribution in [0.5, 0.6) is 17.2 Å². The van der Waals surface area contributed by atoms with E-state index in [0.29, 0.717) is 25.1 Å². The Bertz CT molecular complexity index is 822. The number of nitrogens with two attached hydrogens (primary N) is 1. The minimum atomic E-state index is 0.204. The van der Waals surface area contributed by atoms with Gasteiger partial charge in [0.05, 0.1) is 26.4 Å². The van der Waals surface area contributed by atoms with Crippen LogP contribution in [0.1, 0.15) is 24.3 Å². The minimum absolute atomic E-state index is 0.204. The van der Waals surface area contributed by atoms with E-state index in [1.807, 2.05) is 30.3 Å². The summed E-state index contributed by atoms with van der Waals surface area (Å²) in [6, 6.07) is 14.0. The normalized spacial score (nSPS) is 21.7. The lowest BCUT2D eigenvalue weighted by atomic mass is 10.1. The highest BCUT2D eigenvalue weighted by Gasteiger charge is 2.38. The Hall–Kier alpha value is -2.89. The minimum Gasteiger partial charge on any atom is -0.497 e. The van der Waals surface area contributed by atoms with Crippen molar-refractivity contribution in [3.8, 4) is 17.2 Å². The molecule has 0 bridgehead atoms. The lowest BCUT2D eigenvalue weighted by Crippen LogP contribution is -2.23. The summed E-state index contributed by atoms with van der Waals surface area (Å²) in [6.07, 6.45) is 1.88. The van der Waals surface area contributed by atoms with Crippen LogP contribution in [-0.2, 0) is 0 Å². The van der Waals surface area contributed by atoms with Crippen molar-refractivity contribution in [3.05, 3.63) is 48.0 Å². The molecule has 6 nitrogen and oxygen atoms in total. The molecule has 2 atom stereocenters. The Morgan fingerprint density at radius 2 is 2.00 bits per heavy atom. The Balaban J connectivity index is 1.41. The van der Waals surface area contributed by atoms with E-state index in [2.05, 4.69) is 22.4 Å². The highest BCUT2D eigenvalue weighted by atomic mass is 16.5. The van der Waals surface area contributed by atoms with Crippen LogP contribution in [0.3, 0.4) is 0 Å². The molecule has 2 aliphatic rings.